The van der Waals surface area contributed by atoms with Crippen molar-refractivity contribution in [3.05, 3.63) is 50.9 Å². The van der Waals surface area contributed by atoms with Crippen molar-refractivity contribution in [2.24, 2.45) is 0 Å². The van der Waals surface area contributed by atoms with Crippen LogP contribution in [0.1, 0.15) is 15.2 Å². The van der Waals surface area contributed by atoms with E-state index in [2.05, 4.69) is 5.32 Å². The fraction of sp³-hybridized carbons (Fsp3) is 0.0833. The summed E-state index contributed by atoms with van der Waals surface area (Å²) in [5, 5.41) is 13.7. The third-order valence-electron chi connectivity index (χ3n) is 2.28. The van der Waals surface area contributed by atoms with E-state index in [9.17, 15) is 9.18 Å². The minimum Gasteiger partial charge on any atom is -0.478 e. The monoisotopic (exact) mass is 285 g/mol. The number of rotatable bonds is 4. The molecule has 1 aromatic carbocycles. The second-order valence-corrected chi connectivity index (χ2v) is 4.99. The summed E-state index contributed by atoms with van der Waals surface area (Å²) in [6, 6.07) is 5.62. The summed E-state index contributed by atoms with van der Waals surface area (Å²) < 4.78 is 13.0. The van der Waals surface area contributed by atoms with Crippen LogP contribution in [-0.2, 0) is 6.54 Å². The van der Waals surface area contributed by atoms with Gasteiger partial charge in [-0.05, 0) is 24.3 Å². The van der Waals surface area contributed by atoms with Crippen LogP contribution in [-0.4, -0.2) is 11.1 Å². The van der Waals surface area contributed by atoms with Crippen molar-refractivity contribution in [1.82, 2.24) is 0 Å². The molecule has 94 valence electrons. The summed E-state index contributed by atoms with van der Waals surface area (Å²) in [5.74, 6) is -1.33. The number of hydrogen-bond donors (Lipinski definition) is 2. The predicted molar refractivity (Wildman–Crippen MR) is 70.0 cm³/mol. The summed E-state index contributed by atoms with van der Waals surface area (Å²) in [7, 11) is 0. The molecule has 6 heteroatoms. The van der Waals surface area contributed by atoms with Gasteiger partial charge in [-0.1, -0.05) is 11.6 Å². The first-order valence-electron chi connectivity index (χ1n) is 5.06. The lowest BCUT2D eigenvalue weighted by molar-refractivity contribution is 0.0697. The second-order valence-electron chi connectivity index (χ2n) is 3.58. The molecule has 0 saturated carbocycles. The lowest BCUT2D eigenvalue weighted by Gasteiger charge is -2.06. The van der Waals surface area contributed by atoms with Crippen LogP contribution < -0.4 is 5.32 Å². The zero-order valence-corrected chi connectivity index (χ0v) is 10.7. The Kier molecular flexibility index (Phi) is 3.84. The van der Waals surface area contributed by atoms with Gasteiger partial charge in [0.1, 0.15) is 5.82 Å². The Balaban J connectivity index is 2.06. The molecule has 0 aliphatic heterocycles. The third-order valence-corrected chi connectivity index (χ3v) is 3.55. The van der Waals surface area contributed by atoms with Crippen LogP contribution in [0, 0.1) is 5.82 Å². The van der Waals surface area contributed by atoms with Crippen molar-refractivity contribution in [3.63, 3.8) is 0 Å². The molecule has 3 nitrogen and oxygen atoms in total. The molecule has 0 fully saturated rings. The summed E-state index contributed by atoms with van der Waals surface area (Å²) in [5.41, 5.74) is 0.740. The zero-order valence-electron chi connectivity index (χ0n) is 9.11. The van der Waals surface area contributed by atoms with E-state index in [-0.39, 0.29) is 11.4 Å². The van der Waals surface area contributed by atoms with Gasteiger partial charge in [0.05, 0.1) is 16.3 Å². The third kappa shape index (κ3) is 3.00. The van der Waals surface area contributed by atoms with Crippen molar-refractivity contribution in [1.29, 1.82) is 0 Å². The van der Waals surface area contributed by atoms with Crippen LogP contribution in [0.25, 0.3) is 0 Å². The Labute approximate surface area is 112 Å². The first kappa shape index (κ1) is 12.9. The summed E-state index contributed by atoms with van der Waals surface area (Å²) in [4.78, 5) is 11.5. The van der Waals surface area contributed by atoms with Gasteiger partial charge in [-0.2, -0.15) is 0 Å². The molecule has 0 atom stereocenters. The summed E-state index contributed by atoms with van der Waals surface area (Å²) in [6.07, 6.45) is 0. The Morgan fingerprint density at radius 2 is 2.22 bits per heavy atom. The van der Waals surface area contributed by atoms with Gasteiger partial charge in [0.2, 0.25) is 0 Å². The molecular formula is C12H9ClFNO2S. The molecule has 0 unspecified atom stereocenters. The lowest BCUT2D eigenvalue weighted by Crippen LogP contribution is -1.99. The highest BCUT2D eigenvalue weighted by molar-refractivity contribution is 7.10. The van der Waals surface area contributed by atoms with Gasteiger partial charge in [-0.3, -0.25) is 0 Å². The molecule has 2 N–H and O–H groups in total. The quantitative estimate of drug-likeness (QED) is 0.897. The van der Waals surface area contributed by atoms with Gasteiger partial charge in [0, 0.05) is 16.8 Å². The molecule has 0 bridgehead atoms. The second kappa shape index (κ2) is 5.37. The molecule has 1 heterocycles. The molecule has 2 rings (SSSR count). The Morgan fingerprint density at radius 1 is 1.44 bits per heavy atom. The normalized spacial score (nSPS) is 10.3. The van der Waals surface area contributed by atoms with Crippen molar-refractivity contribution in [2.45, 2.75) is 6.54 Å². The molecule has 0 aliphatic rings. The number of aromatic carboxylic acids is 1. The van der Waals surface area contributed by atoms with Gasteiger partial charge < -0.3 is 10.4 Å². The molecular weight excluding hydrogens is 277 g/mol. The standard InChI is InChI=1S/C12H9ClFNO2S/c13-10-2-1-8(14)4-11(10)15-5-9-3-7(6-18-9)12(16)17/h1-4,6,15H,5H2,(H,16,17). The number of hydrogen-bond acceptors (Lipinski definition) is 3. The number of carboxylic acids is 1. The number of halogens is 2. The summed E-state index contributed by atoms with van der Waals surface area (Å²) in [6.45, 7) is 0.404. The van der Waals surface area contributed by atoms with E-state index in [1.54, 1.807) is 11.4 Å². The molecule has 1 aromatic heterocycles. The van der Waals surface area contributed by atoms with Crippen molar-refractivity contribution >= 4 is 34.6 Å². The highest BCUT2D eigenvalue weighted by Crippen LogP contribution is 2.24. The van der Waals surface area contributed by atoms with Gasteiger partial charge in [0.15, 0.2) is 0 Å². The van der Waals surface area contributed by atoms with Crippen LogP contribution in [0.15, 0.2) is 29.6 Å². The number of anilines is 1. The average Bonchev–Trinajstić information content (AvgIpc) is 2.79. The smallest absolute Gasteiger partial charge is 0.336 e. The van der Waals surface area contributed by atoms with E-state index in [1.165, 1.54) is 29.5 Å². The van der Waals surface area contributed by atoms with E-state index in [0.717, 1.165) is 4.88 Å². The van der Waals surface area contributed by atoms with Crippen molar-refractivity contribution < 1.29 is 14.3 Å². The summed E-state index contributed by atoms with van der Waals surface area (Å²) >= 11 is 7.23. The first-order valence-corrected chi connectivity index (χ1v) is 6.31. The fourth-order valence-corrected chi connectivity index (χ4v) is 2.38. The topological polar surface area (TPSA) is 49.3 Å². The zero-order chi connectivity index (χ0) is 13.1. The van der Waals surface area contributed by atoms with Gasteiger partial charge >= 0.3 is 5.97 Å². The number of nitrogens with one attached hydrogen (secondary N) is 1. The Morgan fingerprint density at radius 3 is 2.89 bits per heavy atom. The largest absolute Gasteiger partial charge is 0.478 e. The Bertz CT molecular complexity index is 585. The maximum atomic E-state index is 13.0. The molecule has 0 radical (unpaired) electrons. The number of carboxylic acid groups (broad SMARTS) is 1. The highest BCUT2D eigenvalue weighted by atomic mass is 35.5. The fourth-order valence-electron chi connectivity index (χ4n) is 1.40. The van der Waals surface area contributed by atoms with Gasteiger partial charge in [-0.25, -0.2) is 9.18 Å². The average molecular weight is 286 g/mol. The van der Waals surface area contributed by atoms with Crippen LogP contribution in [0.4, 0.5) is 10.1 Å². The molecule has 2 aromatic rings. The maximum Gasteiger partial charge on any atom is 0.336 e. The molecule has 0 amide bonds. The van der Waals surface area contributed by atoms with E-state index < -0.39 is 5.97 Å². The van der Waals surface area contributed by atoms with Crippen LogP contribution >= 0.6 is 22.9 Å². The van der Waals surface area contributed by atoms with E-state index in [0.29, 0.717) is 17.3 Å². The lowest BCUT2D eigenvalue weighted by atomic mass is 10.3. The first-order chi connectivity index (χ1) is 8.56. The number of carbonyl (C=O) groups is 1. The van der Waals surface area contributed by atoms with Crippen LogP contribution in [0.3, 0.4) is 0 Å². The maximum absolute atomic E-state index is 13.0. The SMILES string of the molecule is O=C(O)c1csc(CNc2cc(F)ccc2Cl)c1. The van der Waals surface area contributed by atoms with E-state index in [1.807, 2.05) is 0 Å². The Hall–Kier alpha value is -1.59. The van der Waals surface area contributed by atoms with E-state index >= 15 is 0 Å². The van der Waals surface area contributed by atoms with Crippen molar-refractivity contribution in [2.75, 3.05) is 5.32 Å². The minimum atomic E-state index is -0.957. The molecule has 18 heavy (non-hydrogen) atoms. The highest BCUT2D eigenvalue weighted by Gasteiger charge is 2.07. The molecule has 0 saturated heterocycles. The number of benzene rings is 1. The van der Waals surface area contributed by atoms with Crippen molar-refractivity contribution in [3.8, 4) is 0 Å². The van der Waals surface area contributed by atoms with E-state index in [4.69, 9.17) is 16.7 Å². The van der Waals surface area contributed by atoms with Gasteiger partial charge in [0.25, 0.3) is 0 Å². The molecule has 0 spiro atoms. The minimum absolute atomic E-state index is 0.252. The van der Waals surface area contributed by atoms with Gasteiger partial charge in [-0.15, -0.1) is 11.3 Å². The molecule has 0 aliphatic carbocycles. The van der Waals surface area contributed by atoms with Crippen LogP contribution in [0.2, 0.25) is 5.02 Å². The number of thiophene rings is 1. The predicted octanol–water partition coefficient (Wildman–Crippen LogP) is 3.85. The van der Waals surface area contributed by atoms with Crippen LogP contribution in [0.5, 0.6) is 0 Å².